The molecule has 0 radical (unpaired) electrons. The van der Waals surface area contributed by atoms with Crippen LogP contribution in [0.4, 0.5) is 0 Å². The Bertz CT molecular complexity index is 493. The summed E-state index contributed by atoms with van der Waals surface area (Å²) in [6, 6.07) is 1.19. The van der Waals surface area contributed by atoms with E-state index in [1.54, 1.807) is 4.57 Å². The van der Waals surface area contributed by atoms with Gasteiger partial charge >= 0.3 is 5.97 Å². The van der Waals surface area contributed by atoms with Crippen molar-refractivity contribution in [2.45, 2.75) is 32.2 Å². The lowest BCUT2D eigenvalue weighted by molar-refractivity contribution is 0.0694. The maximum Gasteiger partial charge on any atom is 0.339 e. The van der Waals surface area contributed by atoms with E-state index in [1.165, 1.54) is 6.07 Å². The number of carbonyl (C=O) groups is 1. The van der Waals surface area contributed by atoms with E-state index in [0.717, 1.165) is 19.3 Å². The van der Waals surface area contributed by atoms with Crippen molar-refractivity contribution in [3.63, 3.8) is 0 Å². The number of fused-ring (bicyclic) bond motifs is 1. The minimum absolute atomic E-state index is 0.0469. The van der Waals surface area contributed by atoms with Crippen molar-refractivity contribution in [1.29, 1.82) is 0 Å². The zero-order valence-electron chi connectivity index (χ0n) is 8.70. The molecule has 4 nitrogen and oxygen atoms in total. The molecular formula is C11H12ClNO3. The summed E-state index contributed by atoms with van der Waals surface area (Å²) in [5, 5.41) is 9.15. The normalized spacial score (nSPS) is 15.3. The fraction of sp³-hybridized carbons (Fsp3) is 0.455. The summed E-state index contributed by atoms with van der Waals surface area (Å²) in [6.45, 7) is 0.589. The Morgan fingerprint density at radius 1 is 1.38 bits per heavy atom. The van der Waals surface area contributed by atoms with Gasteiger partial charge in [0.25, 0.3) is 5.56 Å². The van der Waals surface area contributed by atoms with Gasteiger partial charge in [-0.05, 0) is 19.3 Å². The minimum Gasteiger partial charge on any atom is -0.478 e. The van der Waals surface area contributed by atoms with E-state index in [-0.39, 0.29) is 16.1 Å². The number of pyridine rings is 1. The fourth-order valence-electron chi connectivity index (χ4n) is 2.13. The molecule has 0 aliphatic carbocycles. The lowest BCUT2D eigenvalue weighted by Crippen LogP contribution is -2.25. The maximum absolute atomic E-state index is 11.7. The van der Waals surface area contributed by atoms with Crippen molar-refractivity contribution in [2.24, 2.45) is 0 Å². The van der Waals surface area contributed by atoms with Gasteiger partial charge in [-0.15, -0.1) is 0 Å². The molecule has 1 aromatic rings. The number of aromatic carboxylic acids is 1. The third kappa shape index (κ3) is 1.85. The van der Waals surface area contributed by atoms with Gasteiger partial charge in [0.05, 0.1) is 10.6 Å². The third-order valence-electron chi connectivity index (χ3n) is 2.88. The summed E-state index contributed by atoms with van der Waals surface area (Å²) in [4.78, 5) is 22.8. The van der Waals surface area contributed by atoms with Crippen LogP contribution < -0.4 is 5.56 Å². The number of rotatable bonds is 1. The molecule has 0 bridgehead atoms. The highest BCUT2D eigenvalue weighted by atomic mass is 35.5. The summed E-state index contributed by atoms with van der Waals surface area (Å²) in [5.41, 5.74) is 0.456. The van der Waals surface area contributed by atoms with Crippen molar-refractivity contribution < 1.29 is 9.90 Å². The second kappa shape index (κ2) is 4.29. The number of halogens is 1. The molecule has 0 saturated carbocycles. The Morgan fingerprint density at radius 3 is 2.81 bits per heavy atom. The number of nitrogens with zero attached hydrogens (tertiary/aromatic N) is 1. The van der Waals surface area contributed by atoms with Crippen LogP contribution >= 0.6 is 11.6 Å². The molecule has 0 aromatic carbocycles. The molecule has 0 spiro atoms. The average Bonchev–Trinajstić information content (AvgIpc) is 2.42. The predicted octanol–water partition coefficient (Wildman–Crippen LogP) is 1.93. The molecule has 0 atom stereocenters. The largest absolute Gasteiger partial charge is 0.478 e. The lowest BCUT2D eigenvalue weighted by Gasteiger charge is -2.12. The second-order valence-electron chi connectivity index (χ2n) is 3.92. The Hall–Kier alpha value is -1.29. The Labute approximate surface area is 97.5 Å². The summed E-state index contributed by atoms with van der Waals surface area (Å²) in [7, 11) is 0. The van der Waals surface area contributed by atoms with Crippen LogP contribution in [0.2, 0.25) is 5.02 Å². The van der Waals surface area contributed by atoms with E-state index in [2.05, 4.69) is 0 Å². The second-order valence-corrected chi connectivity index (χ2v) is 4.33. The van der Waals surface area contributed by atoms with Crippen LogP contribution in [-0.4, -0.2) is 15.6 Å². The maximum atomic E-state index is 11.7. The van der Waals surface area contributed by atoms with Crippen molar-refractivity contribution in [1.82, 2.24) is 4.57 Å². The Kier molecular flexibility index (Phi) is 3.01. The molecule has 1 N–H and O–H groups in total. The predicted molar refractivity (Wildman–Crippen MR) is 60.2 cm³/mol. The molecule has 0 unspecified atom stereocenters. The van der Waals surface area contributed by atoms with Gasteiger partial charge in [-0.1, -0.05) is 18.0 Å². The van der Waals surface area contributed by atoms with Crippen molar-refractivity contribution in [3.05, 3.63) is 32.7 Å². The molecule has 86 valence electrons. The summed E-state index contributed by atoms with van der Waals surface area (Å²) in [5.74, 6) is -1.06. The van der Waals surface area contributed by atoms with Crippen molar-refractivity contribution in [3.8, 4) is 0 Å². The zero-order valence-corrected chi connectivity index (χ0v) is 9.46. The number of hydrogen-bond donors (Lipinski definition) is 1. The Balaban J connectivity index is 2.70. The fourth-order valence-corrected chi connectivity index (χ4v) is 2.42. The van der Waals surface area contributed by atoms with Gasteiger partial charge in [-0.3, -0.25) is 4.79 Å². The minimum atomic E-state index is -1.06. The summed E-state index contributed by atoms with van der Waals surface area (Å²) < 4.78 is 1.54. The monoisotopic (exact) mass is 241 g/mol. The van der Waals surface area contributed by atoms with Crippen molar-refractivity contribution in [2.75, 3.05) is 0 Å². The van der Waals surface area contributed by atoms with Crippen LogP contribution in [0.1, 0.15) is 35.3 Å². The highest BCUT2D eigenvalue weighted by molar-refractivity contribution is 6.33. The van der Waals surface area contributed by atoms with E-state index < -0.39 is 5.97 Å². The summed E-state index contributed by atoms with van der Waals surface area (Å²) in [6.07, 6.45) is 3.43. The summed E-state index contributed by atoms with van der Waals surface area (Å²) >= 11 is 5.82. The molecule has 16 heavy (non-hydrogen) atoms. The van der Waals surface area contributed by atoms with Gasteiger partial charge in [0.15, 0.2) is 0 Å². The van der Waals surface area contributed by atoms with Gasteiger partial charge < -0.3 is 9.67 Å². The van der Waals surface area contributed by atoms with Gasteiger partial charge in [0.2, 0.25) is 0 Å². The van der Waals surface area contributed by atoms with Crippen LogP contribution in [0.15, 0.2) is 10.9 Å². The van der Waals surface area contributed by atoms with Crippen molar-refractivity contribution >= 4 is 17.6 Å². The van der Waals surface area contributed by atoms with Crippen LogP contribution in [0.3, 0.4) is 0 Å². The molecule has 1 aromatic heterocycles. The van der Waals surface area contributed by atoms with Gasteiger partial charge in [-0.2, -0.15) is 0 Å². The molecule has 0 fully saturated rings. The van der Waals surface area contributed by atoms with Gasteiger partial charge in [-0.25, -0.2) is 4.79 Å². The van der Waals surface area contributed by atoms with Crippen LogP contribution in [0, 0.1) is 0 Å². The molecule has 5 heteroatoms. The first-order chi connectivity index (χ1) is 7.61. The van der Waals surface area contributed by atoms with E-state index in [9.17, 15) is 9.59 Å². The number of hydrogen-bond acceptors (Lipinski definition) is 2. The molecule has 1 aliphatic heterocycles. The number of carboxylic acids is 1. The highest BCUT2D eigenvalue weighted by Gasteiger charge is 2.21. The quantitative estimate of drug-likeness (QED) is 0.817. The number of aromatic nitrogens is 1. The first-order valence-corrected chi connectivity index (χ1v) is 5.64. The molecular weight excluding hydrogens is 230 g/mol. The highest BCUT2D eigenvalue weighted by Crippen LogP contribution is 2.22. The first-order valence-electron chi connectivity index (χ1n) is 5.27. The third-order valence-corrected chi connectivity index (χ3v) is 3.18. The number of carboxylic acid groups (broad SMARTS) is 1. The van der Waals surface area contributed by atoms with Crippen LogP contribution in [0.25, 0.3) is 0 Å². The lowest BCUT2D eigenvalue weighted by atomic mass is 10.1. The first kappa shape index (κ1) is 11.2. The van der Waals surface area contributed by atoms with E-state index in [0.29, 0.717) is 18.7 Å². The van der Waals surface area contributed by atoms with Gasteiger partial charge in [0, 0.05) is 18.3 Å². The van der Waals surface area contributed by atoms with Gasteiger partial charge in [0.1, 0.15) is 0 Å². The SMILES string of the molecule is O=C(O)c1c(Cl)cc(=O)n2c1CCCCC2. The van der Waals surface area contributed by atoms with E-state index in [1.807, 2.05) is 0 Å². The molecule has 2 heterocycles. The van der Waals surface area contributed by atoms with Crippen LogP contribution in [0.5, 0.6) is 0 Å². The molecule has 1 aliphatic rings. The van der Waals surface area contributed by atoms with E-state index >= 15 is 0 Å². The standard InChI is InChI=1S/C11H12ClNO3/c12-7-6-9(14)13-5-3-1-2-4-8(13)10(7)11(15)16/h6H,1-5H2,(H,15,16). The van der Waals surface area contributed by atoms with E-state index in [4.69, 9.17) is 16.7 Å². The van der Waals surface area contributed by atoms with Crippen LogP contribution in [-0.2, 0) is 13.0 Å². The zero-order chi connectivity index (χ0) is 11.7. The molecule has 0 saturated heterocycles. The average molecular weight is 242 g/mol. The molecule has 2 rings (SSSR count). The smallest absolute Gasteiger partial charge is 0.339 e. The topological polar surface area (TPSA) is 59.3 Å². The Morgan fingerprint density at radius 2 is 2.12 bits per heavy atom. The molecule has 0 amide bonds.